The van der Waals surface area contributed by atoms with Crippen molar-refractivity contribution < 1.29 is 9.53 Å². The van der Waals surface area contributed by atoms with E-state index in [1.54, 1.807) is 18.9 Å². The molecule has 0 aliphatic heterocycles. The fraction of sp³-hybridized carbons (Fsp3) is 0.389. The van der Waals surface area contributed by atoms with Crippen molar-refractivity contribution in [1.29, 1.82) is 0 Å². The van der Waals surface area contributed by atoms with Gasteiger partial charge in [-0.1, -0.05) is 0 Å². The highest BCUT2D eigenvalue weighted by Gasteiger charge is 2.28. The number of rotatable bonds is 6. The summed E-state index contributed by atoms with van der Waals surface area (Å²) in [7, 11) is 1.65. The van der Waals surface area contributed by atoms with Crippen molar-refractivity contribution in [3.8, 4) is 5.75 Å². The maximum Gasteiger partial charge on any atom is 0.174 e. The van der Waals surface area contributed by atoms with Gasteiger partial charge in [0.05, 0.1) is 12.9 Å². The van der Waals surface area contributed by atoms with Crippen molar-refractivity contribution in [3.05, 3.63) is 47.3 Å². The Labute approximate surface area is 135 Å². The topological polar surface area (TPSA) is 31.2 Å². The molecule has 1 saturated carbocycles. The molecule has 22 heavy (non-hydrogen) atoms. The maximum absolute atomic E-state index is 12.5. The van der Waals surface area contributed by atoms with E-state index in [1.807, 2.05) is 30.3 Å². The Morgan fingerprint density at radius 3 is 2.55 bits per heavy atom. The molecule has 1 aromatic heterocycles. The number of thioether (sulfide) groups is 1. The van der Waals surface area contributed by atoms with Crippen molar-refractivity contribution in [1.82, 2.24) is 4.57 Å². The molecular weight excluding hydrogens is 294 g/mol. The van der Waals surface area contributed by atoms with Gasteiger partial charge in [-0.2, -0.15) is 0 Å². The Bertz CT molecular complexity index is 684. The molecule has 1 aliphatic carbocycles. The normalized spacial score (nSPS) is 14.1. The molecule has 0 N–H and O–H groups in total. The van der Waals surface area contributed by atoms with E-state index in [0.29, 0.717) is 11.8 Å². The molecule has 4 heteroatoms. The number of aryl methyl sites for hydroxylation is 1. The summed E-state index contributed by atoms with van der Waals surface area (Å²) in [5, 5.41) is 0. The summed E-state index contributed by atoms with van der Waals surface area (Å²) < 4.78 is 7.47. The van der Waals surface area contributed by atoms with Gasteiger partial charge < -0.3 is 9.30 Å². The number of aromatic nitrogens is 1. The highest BCUT2D eigenvalue weighted by molar-refractivity contribution is 8.00. The van der Waals surface area contributed by atoms with E-state index >= 15 is 0 Å². The molecule has 1 fully saturated rings. The van der Waals surface area contributed by atoms with Gasteiger partial charge in [-0.15, -0.1) is 11.8 Å². The lowest BCUT2D eigenvalue weighted by atomic mass is 10.2. The fourth-order valence-electron chi connectivity index (χ4n) is 2.85. The van der Waals surface area contributed by atoms with Crippen LogP contribution in [-0.4, -0.2) is 23.2 Å². The molecule has 1 heterocycles. The zero-order chi connectivity index (χ0) is 15.7. The summed E-state index contributed by atoms with van der Waals surface area (Å²) in [5.74, 6) is 1.52. The first-order valence-electron chi connectivity index (χ1n) is 7.58. The zero-order valence-electron chi connectivity index (χ0n) is 13.3. The number of Topliss-reactive ketones (excluding diaryl/α,β-unsaturated/α-hetero) is 1. The van der Waals surface area contributed by atoms with Crippen LogP contribution in [0.15, 0.2) is 35.2 Å². The molecule has 1 aromatic carbocycles. The Kier molecular flexibility index (Phi) is 4.30. The second-order valence-electron chi connectivity index (χ2n) is 5.77. The molecule has 0 saturated heterocycles. The second-order valence-corrected chi connectivity index (χ2v) is 6.82. The van der Waals surface area contributed by atoms with E-state index < -0.39 is 0 Å². The molecule has 2 aromatic rings. The molecule has 0 atom stereocenters. The third-order valence-electron chi connectivity index (χ3n) is 4.13. The number of hydrogen-bond acceptors (Lipinski definition) is 3. The molecule has 0 amide bonds. The minimum Gasteiger partial charge on any atom is -0.497 e. The van der Waals surface area contributed by atoms with Gasteiger partial charge in [0.1, 0.15) is 5.75 Å². The van der Waals surface area contributed by atoms with Crippen LogP contribution in [0.25, 0.3) is 0 Å². The summed E-state index contributed by atoms with van der Waals surface area (Å²) >= 11 is 1.58. The Hall–Kier alpha value is -1.68. The van der Waals surface area contributed by atoms with Crippen LogP contribution in [0, 0.1) is 13.8 Å². The third kappa shape index (κ3) is 3.07. The van der Waals surface area contributed by atoms with Gasteiger partial charge in [0.15, 0.2) is 5.78 Å². The van der Waals surface area contributed by atoms with E-state index in [0.717, 1.165) is 21.9 Å². The first-order chi connectivity index (χ1) is 10.6. The number of carbonyl (C=O) groups is 1. The van der Waals surface area contributed by atoms with E-state index in [9.17, 15) is 4.79 Å². The molecule has 0 spiro atoms. The van der Waals surface area contributed by atoms with Crippen LogP contribution in [0.2, 0.25) is 0 Å². The Morgan fingerprint density at radius 1 is 1.27 bits per heavy atom. The molecule has 3 rings (SSSR count). The average molecular weight is 315 g/mol. The number of carbonyl (C=O) groups excluding carboxylic acids is 1. The van der Waals surface area contributed by atoms with Gasteiger partial charge in [-0.3, -0.25) is 4.79 Å². The summed E-state index contributed by atoms with van der Waals surface area (Å²) in [5.41, 5.74) is 3.21. The van der Waals surface area contributed by atoms with Gasteiger partial charge >= 0.3 is 0 Å². The fourth-order valence-corrected chi connectivity index (χ4v) is 3.63. The number of ketones is 1. The lowest BCUT2D eigenvalue weighted by Crippen LogP contribution is -2.05. The van der Waals surface area contributed by atoms with Crippen molar-refractivity contribution in [2.24, 2.45) is 0 Å². The highest BCUT2D eigenvalue weighted by atomic mass is 32.2. The molecule has 0 radical (unpaired) electrons. The minimum absolute atomic E-state index is 0.209. The number of methoxy groups -OCH3 is 1. The first-order valence-corrected chi connectivity index (χ1v) is 8.57. The molecular formula is C18H21NO2S. The number of hydrogen-bond donors (Lipinski definition) is 0. The van der Waals surface area contributed by atoms with Crippen LogP contribution in [0.3, 0.4) is 0 Å². The summed E-state index contributed by atoms with van der Waals surface area (Å²) in [6.07, 6.45) is 2.48. The van der Waals surface area contributed by atoms with Crippen LogP contribution < -0.4 is 4.74 Å². The number of ether oxygens (including phenoxy) is 1. The zero-order valence-corrected chi connectivity index (χ0v) is 14.1. The Morgan fingerprint density at radius 2 is 1.95 bits per heavy atom. The van der Waals surface area contributed by atoms with Crippen LogP contribution in [0.1, 0.15) is 40.6 Å². The monoisotopic (exact) mass is 315 g/mol. The van der Waals surface area contributed by atoms with Crippen LogP contribution in [0.4, 0.5) is 0 Å². The van der Waals surface area contributed by atoms with Crippen LogP contribution in [-0.2, 0) is 0 Å². The van der Waals surface area contributed by atoms with E-state index in [-0.39, 0.29) is 5.78 Å². The van der Waals surface area contributed by atoms with Gasteiger partial charge in [-0.05, 0) is 57.0 Å². The van der Waals surface area contributed by atoms with Gasteiger partial charge in [0, 0.05) is 27.9 Å². The first kappa shape index (κ1) is 15.2. The molecule has 0 unspecified atom stereocenters. The maximum atomic E-state index is 12.5. The standard InChI is InChI=1S/C18H21NO2S/c1-12-10-17(13(2)19(12)14-4-5-14)18(20)11-22-16-8-6-15(21-3)7-9-16/h6-10,14H,4-5,11H2,1-3H3. The third-order valence-corrected chi connectivity index (χ3v) is 5.14. The summed E-state index contributed by atoms with van der Waals surface area (Å²) in [4.78, 5) is 13.6. The summed E-state index contributed by atoms with van der Waals surface area (Å²) in [6, 6.07) is 10.5. The molecule has 3 nitrogen and oxygen atoms in total. The quantitative estimate of drug-likeness (QED) is 0.584. The van der Waals surface area contributed by atoms with E-state index in [2.05, 4.69) is 18.4 Å². The smallest absolute Gasteiger partial charge is 0.174 e. The van der Waals surface area contributed by atoms with Gasteiger partial charge in [0.25, 0.3) is 0 Å². The van der Waals surface area contributed by atoms with Gasteiger partial charge in [-0.25, -0.2) is 0 Å². The summed E-state index contributed by atoms with van der Waals surface area (Å²) in [6.45, 7) is 4.16. The van der Waals surface area contributed by atoms with Crippen molar-refractivity contribution in [2.45, 2.75) is 37.6 Å². The van der Waals surface area contributed by atoms with Crippen molar-refractivity contribution in [2.75, 3.05) is 12.9 Å². The SMILES string of the molecule is COc1ccc(SCC(=O)c2cc(C)n(C3CC3)c2C)cc1. The number of benzene rings is 1. The van der Waals surface area contributed by atoms with E-state index in [1.165, 1.54) is 18.5 Å². The van der Waals surface area contributed by atoms with Crippen molar-refractivity contribution in [3.63, 3.8) is 0 Å². The Balaban J connectivity index is 1.68. The highest BCUT2D eigenvalue weighted by Crippen LogP contribution is 2.38. The second kappa shape index (κ2) is 6.21. The number of nitrogens with zero attached hydrogens (tertiary/aromatic N) is 1. The molecule has 116 valence electrons. The predicted molar refractivity (Wildman–Crippen MR) is 90.2 cm³/mol. The van der Waals surface area contributed by atoms with Crippen molar-refractivity contribution >= 4 is 17.5 Å². The predicted octanol–water partition coefficient (Wildman–Crippen LogP) is 4.42. The van der Waals surface area contributed by atoms with Crippen LogP contribution in [0.5, 0.6) is 5.75 Å². The largest absolute Gasteiger partial charge is 0.497 e. The van der Waals surface area contributed by atoms with E-state index in [4.69, 9.17) is 4.74 Å². The minimum atomic E-state index is 0.209. The van der Waals surface area contributed by atoms with Gasteiger partial charge in [0.2, 0.25) is 0 Å². The van der Waals surface area contributed by atoms with Crippen LogP contribution >= 0.6 is 11.8 Å². The lowest BCUT2D eigenvalue weighted by molar-refractivity contribution is 0.102. The molecule has 1 aliphatic rings. The average Bonchev–Trinajstić information content (AvgIpc) is 3.31. The molecule has 0 bridgehead atoms. The lowest BCUT2D eigenvalue weighted by Gasteiger charge is -2.07.